The van der Waals surface area contributed by atoms with E-state index in [9.17, 15) is 0 Å². The molecule has 1 aliphatic heterocycles. The van der Waals surface area contributed by atoms with Gasteiger partial charge in [-0.25, -0.2) is 0 Å². The highest BCUT2D eigenvalue weighted by atomic mass is 15.2. The predicted octanol–water partition coefficient (Wildman–Crippen LogP) is 3.05. The molecule has 1 fully saturated rings. The van der Waals surface area contributed by atoms with E-state index in [-0.39, 0.29) is 0 Å². The molecule has 3 nitrogen and oxygen atoms in total. The minimum atomic E-state index is 0.647. The molecule has 2 aromatic rings. The molecule has 1 N–H and O–H groups in total. The van der Waals surface area contributed by atoms with E-state index in [1.54, 1.807) is 0 Å². The number of rotatable bonds is 4. The van der Waals surface area contributed by atoms with E-state index in [1.165, 1.54) is 17.4 Å². The molecule has 3 rings (SSSR count). The number of hydrogen-bond donors (Lipinski definition) is 1. The number of hydrogen-bond acceptors (Lipinski definition) is 3. The second-order valence-electron chi connectivity index (χ2n) is 6.16. The average molecular weight is 283 g/mol. The normalized spacial score (nSPS) is 21.5. The third-order valence-corrected chi connectivity index (χ3v) is 4.75. The van der Waals surface area contributed by atoms with Gasteiger partial charge in [0.25, 0.3) is 0 Å². The highest BCUT2D eigenvalue weighted by Crippen LogP contribution is 2.20. The van der Waals surface area contributed by atoms with Crippen molar-refractivity contribution >= 4 is 10.9 Å². The Hall–Kier alpha value is -1.45. The summed E-state index contributed by atoms with van der Waals surface area (Å²) in [4.78, 5) is 7.04. The van der Waals surface area contributed by atoms with Crippen LogP contribution in [0.2, 0.25) is 0 Å². The third kappa shape index (κ3) is 3.25. The van der Waals surface area contributed by atoms with E-state index >= 15 is 0 Å². The Morgan fingerprint density at radius 2 is 2.29 bits per heavy atom. The fourth-order valence-corrected chi connectivity index (χ4v) is 3.25. The summed E-state index contributed by atoms with van der Waals surface area (Å²) in [5, 5.41) is 4.78. The fourth-order valence-electron chi connectivity index (χ4n) is 3.25. The molecule has 2 heterocycles. The number of nitrogens with zero attached hydrogens (tertiary/aromatic N) is 2. The lowest BCUT2D eigenvalue weighted by Gasteiger charge is -2.39. The van der Waals surface area contributed by atoms with Gasteiger partial charge in [0, 0.05) is 43.8 Å². The highest BCUT2D eigenvalue weighted by molar-refractivity contribution is 5.78. The van der Waals surface area contributed by atoms with Crippen LogP contribution in [0.1, 0.15) is 25.8 Å². The molecule has 0 bridgehead atoms. The maximum Gasteiger partial charge on any atom is 0.0702 e. The summed E-state index contributed by atoms with van der Waals surface area (Å²) in [6.45, 7) is 9.06. The highest BCUT2D eigenvalue weighted by Gasteiger charge is 2.26. The van der Waals surface area contributed by atoms with E-state index in [0.717, 1.165) is 37.6 Å². The molecule has 1 saturated heterocycles. The van der Waals surface area contributed by atoms with Crippen LogP contribution in [0.3, 0.4) is 0 Å². The monoisotopic (exact) mass is 283 g/mol. The third-order valence-electron chi connectivity index (χ3n) is 4.75. The zero-order chi connectivity index (χ0) is 14.7. The Kier molecular flexibility index (Phi) is 4.51. The molecule has 0 spiro atoms. The molecule has 0 saturated carbocycles. The van der Waals surface area contributed by atoms with Gasteiger partial charge in [0.05, 0.1) is 5.52 Å². The maximum absolute atomic E-state index is 4.40. The zero-order valence-corrected chi connectivity index (χ0v) is 13.0. The van der Waals surface area contributed by atoms with Crippen LogP contribution in [0, 0.1) is 5.92 Å². The molecule has 1 aromatic carbocycles. The molecule has 0 amide bonds. The Morgan fingerprint density at radius 1 is 1.38 bits per heavy atom. The van der Waals surface area contributed by atoms with Crippen molar-refractivity contribution in [2.45, 2.75) is 32.9 Å². The van der Waals surface area contributed by atoms with Crippen molar-refractivity contribution in [3.05, 3.63) is 42.1 Å². The van der Waals surface area contributed by atoms with Crippen molar-refractivity contribution in [3.8, 4) is 0 Å². The molecule has 3 heteroatoms. The number of pyridine rings is 1. The van der Waals surface area contributed by atoms with Gasteiger partial charge in [-0.05, 0) is 29.7 Å². The van der Waals surface area contributed by atoms with Crippen LogP contribution in [-0.2, 0) is 6.54 Å². The molecule has 0 radical (unpaired) electrons. The van der Waals surface area contributed by atoms with Crippen molar-refractivity contribution < 1.29 is 0 Å². The number of benzene rings is 1. The van der Waals surface area contributed by atoms with Gasteiger partial charge in [-0.15, -0.1) is 0 Å². The summed E-state index contributed by atoms with van der Waals surface area (Å²) in [6, 6.07) is 11.5. The van der Waals surface area contributed by atoms with Crippen molar-refractivity contribution in [3.63, 3.8) is 0 Å². The van der Waals surface area contributed by atoms with Crippen molar-refractivity contribution in [1.82, 2.24) is 15.2 Å². The first kappa shape index (κ1) is 14.5. The van der Waals surface area contributed by atoms with Crippen LogP contribution in [-0.4, -0.2) is 35.6 Å². The molecule has 21 heavy (non-hydrogen) atoms. The van der Waals surface area contributed by atoms with E-state index < -0.39 is 0 Å². The van der Waals surface area contributed by atoms with Gasteiger partial charge >= 0.3 is 0 Å². The van der Waals surface area contributed by atoms with Crippen LogP contribution in [0.4, 0.5) is 0 Å². The van der Waals surface area contributed by atoms with Crippen LogP contribution in [0.25, 0.3) is 10.9 Å². The lowest BCUT2D eigenvalue weighted by molar-refractivity contribution is 0.109. The Bertz CT molecular complexity index is 596. The van der Waals surface area contributed by atoms with Crippen molar-refractivity contribution in [2.75, 3.05) is 19.6 Å². The number of fused-ring (bicyclic) bond motifs is 1. The van der Waals surface area contributed by atoms with Crippen LogP contribution >= 0.6 is 0 Å². The summed E-state index contributed by atoms with van der Waals surface area (Å²) in [5.41, 5.74) is 2.48. The Morgan fingerprint density at radius 3 is 3.14 bits per heavy atom. The van der Waals surface area contributed by atoms with E-state index in [1.807, 2.05) is 12.3 Å². The van der Waals surface area contributed by atoms with Gasteiger partial charge in [0.15, 0.2) is 0 Å². The maximum atomic E-state index is 4.40. The molecular formula is C18H25N3. The van der Waals surface area contributed by atoms with Gasteiger partial charge < -0.3 is 5.32 Å². The van der Waals surface area contributed by atoms with E-state index in [0.29, 0.717) is 6.04 Å². The average Bonchev–Trinajstić information content (AvgIpc) is 2.54. The van der Waals surface area contributed by atoms with E-state index in [4.69, 9.17) is 0 Å². The first-order chi connectivity index (χ1) is 10.3. The second-order valence-corrected chi connectivity index (χ2v) is 6.16. The molecule has 2 atom stereocenters. The van der Waals surface area contributed by atoms with Crippen LogP contribution < -0.4 is 5.32 Å². The molecular weight excluding hydrogens is 258 g/mol. The van der Waals surface area contributed by atoms with Gasteiger partial charge in [0.1, 0.15) is 0 Å². The summed E-state index contributed by atoms with van der Waals surface area (Å²) in [7, 11) is 0. The van der Waals surface area contributed by atoms with Crippen molar-refractivity contribution in [2.24, 2.45) is 5.92 Å². The number of piperazine rings is 1. The van der Waals surface area contributed by atoms with Gasteiger partial charge in [0.2, 0.25) is 0 Å². The predicted molar refractivity (Wildman–Crippen MR) is 88.3 cm³/mol. The van der Waals surface area contributed by atoms with Gasteiger partial charge in [-0.1, -0.05) is 32.4 Å². The molecule has 1 aliphatic rings. The Balaban J connectivity index is 1.79. The Labute approximate surface area is 127 Å². The topological polar surface area (TPSA) is 28.2 Å². The van der Waals surface area contributed by atoms with Crippen LogP contribution in [0.15, 0.2) is 36.5 Å². The lowest BCUT2D eigenvalue weighted by Crippen LogP contribution is -2.53. The molecule has 0 aliphatic carbocycles. The second kappa shape index (κ2) is 6.54. The van der Waals surface area contributed by atoms with Gasteiger partial charge in [-0.2, -0.15) is 0 Å². The summed E-state index contributed by atoms with van der Waals surface area (Å²) in [5.74, 6) is 0.736. The standard InChI is InChI=1S/C18H25N3/c1-3-14(2)18-12-19-9-10-21(18)13-15-6-7-17-16(11-15)5-4-8-20-17/h4-8,11,14,18-19H,3,9-10,12-13H2,1-2H3. The summed E-state index contributed by atoms with van der Waals surface area (Å²) >= 11 is 0. The minimum Gasteiger partial charge on any atom is -0.314 e. The summed E-state index contributed by atoms with van der Waals surface area (Å²) in [6.07, 6.45) is 3.10. The quantitative estimate of drug-likeness (QED) is 0.935. The number of nitrogens with one attached hydrogen (secondary N) is 1. The van der Waals surface area contributed by atoms with Crippen molar-refractivity contribution in [1.29, 1.82) is 0 Å². The van der Waals surface area contributed by atoms with Crippen LogP contribution in [0.5, 0.6) is 0 Å². The first-order valence-electron chi connectivity index (χ1n) is 8.06. The smallest absolute Gasteiger partial charge is 0.0702 e. The minimum absolute atomic E-state index is 0.647. The largest absolute Gasteiger partial charge is 0.314 e. The lowest BCUT2D eigenvalue weighted by atomic mass is 9.95. The summed E-state index contributed by atoms with van der Waals surface area (Å²) < 4.78 is 0. The molecule has 112 valence electrons. The molecule has 1 aromatic heterocycles. The van der Waals surface area contributed by atoms with Gasteiger partial charge in [-0.3, -0.25) is 9.88 Å². The first-order valence-corrected chi connectivity index (χ1v) is 8.06. The number of aromatic nitrogens is 1. The van der Waals surface area contributed by atoms with E-state index in [2.05, 4.69) is 53.3 Å². The SMILES string of the molecule is CCC(C)C1CNCCN1Cc1ccc2ncccc2c1. The zero-order valence-electron chi connectivity index (χ0n) is 13.0. The fraction of sp³-hybridized carbons (Fsp3) is 0.500. The molecule has 2 unspecified atom stereocenters.